The van der Waals surface area contributed by atoms with Gasteiger partial charge in [-0.2, -0.15) is 5.10 Å². The van der Waals surface area contributed by atoms with E-state index in [1.54, 1.807) is 6.20 Å². The number of carbonyl (C=O) groups is 1. The van der Waals surface area contributed by atoms with Crippen LogP contribution in [-0.2, 0) is 11.2 Å². The molecule has 2 aromatic carbocycles. The highest BCUT2D eigenvalue weighted by molar-refractivity contribution is 5.89. The summed E-state index contributed by atoms with van der Waals surface area (Å²) in [5, 5.41) is 11.3. The number of para-hydroxylation sites is 1. The summed E-state index contributed by atoms with van der Waals surface area (Å²) in [7, 11) is 0. The first-order valence-corrected chi connectivity index (χ1v) is 9.98. The summed E-state index contributed by atoms with van der Waals surface area (Å²) < 4.78 is 6.14. The molecule has 0 atom stereocenters. The van der Waals surface area contributed by atoms with Crippen LogP contribution < -0.4 is 4.74 Å². The molecule has 4 aromatic rings. The van der Waals surface area contributed by atoms with E-state index in [1.165, 1.54) is 0 Å². The van der Waals surface area contributed by atoms with Crippen LogP contribution in [0.15, 0.2) is 60.9 Å². The van der Waals surface area contributed by atoms with Crippen LogP contribution in [0, 0.1) is 0 Å². The van der Waals surface area contributed by atoms with Gasteiger partial charge in [-0.05, 0) is 17.7 Å². The van der Waals surface area contributed by atoms with Gasteiger partial charge in [0.15, 0.2) is 0 Å². The molecule has 1 aliphatic heterocycles. The van der Waals surface area contributed by atoms with Crippen LogP contribution in [0.5, 0.6) is 5.88 Å². The van der Waals surface area contributed by atoms with Crippen LogP contribution in [0.1, 0.15) is 18.4 Å². The van der Waals surface area contributed by atoms with Crippen molar-refractivity contribution in [1.29, 1.82) is 0 Å². The number of carbonyl (C=O) groups excluding carboxylic acids is 1. The molecule has 1 amide bonds. The second kappa shape index (κ2) is 7.54. The number of ether oxygens (including phenoxy) is 1. The fraction of sp³-hybridized carbons (Fsp3) is 0.261. The molecule has 29 heavy (non-hydrogen) atoms. The highest BCUT2D eigenvalue weighted by atomic mass is 16.5. The van der Waals surface area contributed by atoms with E-state index in [4.69, 9.17) is 4.74 Å². The molecule has 0 bridgehead atoms. The van der Waals surface area contributed by atoms with Gasteiger partial charge in [-0.15, -0.1) is 5.10 Å². The molecule has 5 rings (SSSR count). The summed E-state index contributed by atoms with van der Waals surface area (Å²) in [6, 6.07) is 16.0. The molecule has 0 unspecified atom stereocenters. The number of likely N-dealkylation sites (tertiary alicyclic amines) is 1. The van der Waals surface area contributed by atoms with Crippen LogP contribution in [0.3, 0.4) is 0 Å². The lowest BCUT2D eigenvalue weighted by Gasteiger charge is -2.32. The van der Waals surface area contributed by atoms with Crippen molar-refractivity contribution >= 4 is 27.6 Å². The van der Waals surface area contributed by atoms with Crippen LogP contribution in [-0.4, -0.2) is 45.2 Å². The SMILES string of the molecule is O=C(Cc1c[nH]c2ccccc12)N1CCC(Oc2nncc3ccccc23)CC1. The van der Waals surface area contributed by atoms with Gasteiger partial charge in [0.1, 0.15) is 6.10 Å². The lowest BCUT2D eigenvalue weighted by Crippen LogP contribution is -2.42. The Hall–Kier alpha value is -3.41. The number of nitrogens with one attached hydrogen (secondary N) is 1. The highest BCUT2D eigenvalue weighted by Gasteiger charge is 2.25. The Balaban J connectivity index is 1.21. The third-order valence-electron chi connectivity index (χ3n) is 5.63. The summed E-state index contributed by atoms with van der Waals surface area (Å²) in [5.74, 6) is 0.741. The Morgan fingerprint density at radius 2 is 1.83 bits per heavy atom. The first kappa shape index (κ1) is 17.7. The minimum absolute atomic E-state index is 0.0484. The summed E-state index contributed by atoms with van der Waals surface area (Å²) >= 11 is 0. The number of nitrogens with zero attached hydrogens (tertiary/aromatic N) is 3. The minimum atomic E-state index is 0.0484. The number of fused-ring (bicyclic) bond motifs is 2. The Kier molecular flexibility index (Phi) is 4.60. The van der Waals surface area contributed by atoms with Crippen molar-refractivity contribution in [2.24, 2.45) is 0 Å². The Morgan fingerprint density at radius 1 is 1.07 bits per heavy atom. The summed E-state index contributed by atoms with van der Waals surface area (Å²) in [6.45, 7) is 1.40. The van der Waals surface area contributed by atoms with Crippen LogP contribution in [0.4, 0.5) is 0 Å². The lowest BCUT2D eigenvalue weighted by molar-refractivity contribution is -0.132. The van der Waals surface area contributed by atoms with E-state index in [9.17, 15) is 4.79 Å². The van der Waals surface area contributed by atoms with Crippen molar-refractivity contribution in [2.75, 3.05) is 13.1 Å². The van der Waals surface area contributed by atoms with Crippen LogP contribution >= 0.6 is 0 Å². The number of aromatic nitrogens is 3. The zero-order valence-corrected chi connectivity index (χ0v) is 16.0. The molecule has 6 nitrogen and oxygen atoms in total. The maximum Gasteiger partial charge on any atom is 0.241 e. The summed E-state index contributed by atoms with van der Waals surface area (Å²) in [5.41, 5.74) is 2.12. The molecule has 146 valence electrons. The van der Waals surface area contributed by atoms with Crippen molar-refractivity contribution in [1.82, 2.24) is 20.1 Å². The number of piperidine rings is 1. The van der Waals surface area contributed by atoms with E-state index < -0.39 is 0 Å². The molecule has 0 spiro atoms. The summed E-state index contributed by atoms with van der Waals surface area (Å²) in [6.07, 6.45) is 5.75. The minimum Gasteiger partial charge on any atom is -0.473 e. The van der Waals surface area contributed by atoms with Crippen molar-refractivity contribution in [3.8, 4) is 5.88 Å². The van der Waals surface area contributed by atoms with Gasteiger partial charge in [0.25, 0.3) is 0 Å². The van der Waals surface area contributed by atoms with Crippen molar-refractivity contribution < 1.29 is 9.53 Å². The standard InChI is InChI=1S/C23H22N4O2/c28-22(13-17-14-24-21-8-4-3-6-19(17)21)27-11-9-18(10-12-27)29-23-20-7-2-1-5-16(20)15-25-26-23/h1-8,14-15,18,24H,9-13H2. The maximum absolute atomic E-state index is 12.8. The second-order valence-electron chi connectivity index (χ2n) is 7.47. The smallest absolute Gasteiger partial charge is 0.241 e. The largest absolute Gasteiger partial charge is 0.473 e. The number of benzene rings is 2. The van der Waals surface area contributed by atoms with E-state index in [2.05, 4.69) is 21.2 Å². The third kappa shape index (κ3) is 3.53. The second-order valence-corrected chi connectivity index (χ2v) is 7.47. The zero-order valence-electron chi connectivity index (χ0n) is 16.0. The monoisotopic (exact) mass is 386 g/mol. The maximum atomic E-state index is 12.8. The van der Waals surface area contributed by atoms with Gasteiger partial charge < -0.3 is 14.6 Å². The first-order chi connectivity index (χ1) is 14.3. The number of rotatable bonds is 4. The molecule has 0 aliphatic carbocycles. The Morgan fingerprint density at radius 3 is 2.69 bits per heavy atom. The number of amides is 1. The number of H-pyrrole nitrogens is 1. The van der Waals surface area contributed by atoms with Gasteiger partial charge in [-0.1, -0.05) is 36.4 Å². The van der Waals surface area contributed by atoms with Gasteiger partial charge >= 0.3 is 0 Å². The average molecular weight is 386 g/mol. The molecule has 1 N–H and O–H groups in total. The lowest BCUT2D eigenvalue weighted by atomic mass is 10.1. The fourth-order valence-electron chi connectivity index (χ4n) is 4.02. The highest BCUT2D eigenvalue weighted by Crippen LogP contribution is 2.25. The van der Waals surface area contributed by atoms with Gasteiger partial charge in [0.05, 0.1) is 12.6 Å². The molecule has 1 saturated heterocycles. The van der Waals surface area contributed by atoms with Gasteiger partial charge in [-0.3, -0.25) is 4.79 Å². The van der Waals surface area contributed by atoms with E-state index in [0.29, 0.717) is 25.4 Å². The molecule has 2 aromatic heterocycles. The molecule has 6 heteroatoms. The number of hydrogen-bond donors (Lipinski definition) is 1. The molecule has 1 aliphatic rings. The Labute approximate surface area is 168 Å². The molecular formula is C23H22N4O2. The quantitative estimate of drug-likeness (QED) is 0.580. The van der Waals surface area contributed by atoms with Gasteiger partial charge in [0.2, 0.25) is 11.8 Å². The van der Waals surface area contributed by atoms with E-state index in [1.807, 2.05) is 53.6 Å². The van der Waals surface area contributed by atoms with E-state index in [-0.39, 0.29) is 12.0 Å². The third-order valence-corrected chi connectivity index (χ3v) is 5.63. The van der Waals surface area contributed by atoms with Crippen LogP contribution in [0.2, 0.25) is 0 Å². The predicted molar refractivity (Wildman–Crippen MR) is 112 cm³/mol. The molecule has 0 radical (unpaired) electrons. The van der Waals surface area contributed by atoms with E-state index >= 15 is 0 Å². The molecule has 3 heterocycles. The van der Waals surface area contributed by atoms with Crippen molar-refractivity contribution in [3.63, 3.8) is 0 Å². The number of hydrogen-bond acceptors (Lipinski definition) is 4. The van der Waals surface area contributed by atoms with Crippen LogP contribution in [0.25, 0.3) is 21.7 Å². The zero-order chi connectivity index (χ0) is 19.6. The average Bonchev–Trinajstić information content (AvgIpc) is 3.17. The Bertz CT molecular complexity index is 1160. The predicted octanol–water partition coefficient (Wildman–Crippen LogP) is 3.72. The molecular weight excluding hydrogens is 364 g/mol. The molecule has 1 fully saturated rings. The van der Waals surface area contributed by atoms with E-state index in [0.717, 1.165) is 40.1 Å². The number of aromatic amines is 1. The topological polar surface area (TPSA) is 71.1 Å². The summed E-state index contributed by atoms with van der Waals surface area (Å²) in [4.78, 5) is 18.0. The van der Waals surface area contributed by atoms with Crippen molar-refractivity contribution in [3.05, 3.63) is 66.5 Å². The van der Waals surface area contributed by atoms with Gasteiger partial charge in [-0.25, -0.2) is 0 Å². The molecule has 0 saturated carbocycles. The first-order valence-electron chi connectivity index (χ1n) is 9.98. The normalized spacial score (nSPS) is 15.1. The van der Waals surface area contributed by atoms with Crippen molar-refractivity contribution in [2.45, 2.75) is 25.4 Å². The fourth-order valence-corrected chi connectivity index (χ4v) is 4.02. The van der Waals surface area contributed by atoms with Gasteiger partial charge in [0, 0.05) is 53.8 Å².